The molecule has 0 aliphatic heterocycles. The number of pyridine rings is 1. The van der Waals surface area contributed by atoms with Crippen molar-refractivity contribution in [2.75, 3.05) is 16.8 Å². The lowest BCUT2D eigenvalue weighted by Gasteiger charge is -2.23. The summed E-state index contributed by atoms with van der Waals surface area (Å²) in [4.78, 5) is 19.6. The Labute approximate surface area is 145 Å². The number of rotatable bonds is 6. The minimum Gasteiger partial charge on any atom is -0.341 e. The molecule has 1 N–H and O–H groups in total. The van der Waals surface area contributed by atoms with Crippen LogP contribution in [-0.4, -0.2) is 17.4 Å². The van der Waals surface area contributed by atoms with Crippen LogP contribution in [0.5, 0.6) is 0 Å². The van der Waals surface area contributed by atoms with Gasteiger partial charge in [-0.3, -0.25) is 4.79 Å². The van der Waals surface area contributed by atoms with Crippen LogP contribution in [-0.2, 0) is 11.2 Å². The molecule has 1 aromatic carbocycles. The van der Waals surface area contributed by atoms with Crippen LogP contribution < -0.4 is 10.2 Å². The summed E-state index contributed by atoms with van der Waals surface area (Å²) in [7, 11) is 0. The van der Waals surface area contributed by atoms with Gasteiger partial charge in [0.1, 0.15) is 5.82 Å². The fourth-order valence-electron chi connectivity index (χ4n) is 2.50. The van der Waals surface area contributed by atoms with Gasteiger partial charge in [0, 0.05) is 17.1 Å². The Morgan fingerprint density at radius 1 is 1.08 bits per heavy atom. The first-order valence-electron chi connectivity index (χ1n) is 7.87. The van der Waals surface area contributed by atoms with E-state index in [0.29, 0.717) is 12.2 Å². The second kappa shape index (κ2) is 7.75. The number of benzene rings is 1. The van der Waals surface area contributed by atoms with Gasteiger partial charge < -0.3 is 10.2 Å². The summed E-state index contributed by atoms with van der Waals surface area (Å²) in [6.07, 6.45) is 2.17. The minimum absolute atomic E-state index is 0.0480. The Bertz CT molecular complexity index is 770. The molecule has 5 heteroatoms. The van der Waals surface area contributed by atoms with Crippen LogP contribution in [0.3, 0.4) is 0 Å². The summed E-state index contributed by atoms with van der Waals surface area (Å²) < 4.78 is 0. The zero-order valence-electron chi connectivity index (χ0n) is 13.5. The first kappa shape index (κ1) is 16.2. The number of para-hydroxylation sites is 1. The highest BCUT2D eigenvalue weighted by atomic mass is 32.1. The van der Waals surface area contributed by atoms with Crippen molar-refractivity contribution < 1.29 is 4.79 Å². The lowest BCUT2D eigenvalue weighted by molar-refractivity contribution is -0.115. The highest BCUT2D eigenvalue weighted by molar-refractivity contribution is 7.10. The Morgan fingerprint density at radius 3 is 2.54 bits per heavy atom. The van der Waals surface area contributed by atoms with Crippen molar-refractivity contribution >= 4 is 34.4 Å². The van der Waals surface area contributed by atoms with Gasteiger partial charge >= 0.3 is 0 Å². The molecule has 122 valence electrons. The van der Waals surface area contributed by atoms with Gasteiger partial charge in [0.15, 0.2) is 0 Å². The molecule has 0 radical (unpaired) electrons. The van der Waals surface area contributed by atoms with Gasteiger partial charge in [-0.1, -0.05) is 24.3 Å². The zero-order valence-corrected chi connectivity index (χ0v) is 14.3. The number of carbonyl (C=O) groups is 1. The van der Waals surface area contributed by atoms with Crippen molar-refractivity contribution in [3.05, 3.63) is 71.1 Å². The van der Waals surface area contributed by atoms with Gasteiger partial charge in [-0.25, -0.2) is 4.98 Å². The molecule has 0 atom stereocenters. The molecule has 0 saturated carbocycles. The third-order valence-electron chi connectivity index (χ3n) is 3.63. The standard InChI is InChI=1S/C19H19N3OS/c1-2-22(15-7-4-3-5-8-15)16-10-11-18(20-14-16)21-19(23)13-17-9-6-12-24-17/h3-12,14H,2,13H2,1H3,(H,20,21,23). The molecule has 0 saturated heterocycles. The first-order valence-corrected chi connectivity index (χ1v) is 8.75. The van der Waals surface area contributed by atoms with Crippen LogP contribution in [0.25, 0.3) is 0 Å². The Balaban J connectivity index is 1.67. The maximum atomic E-state index is 12.0. The van der Waals surface area contributed by atoms with E-state index in [4.69, 9.17) is 0 Å². The van der Waals surface area contributed by atoms with E-state index in [2.05, 4.69) is 34.3 Å². The van der Waals surface area contributed by atoms with Crippen LogP contribution in [0.4, 0.5) is 17.2 Å². The third-order valence-corrected chi connectivity index (χ3v) is 4.50. The average molecular weight is 337 g/mol. The SMILES string of the molecule is CCN(c1ccccc1)c1ccc(NC(=O)Cc2cccs2)nc1. The minimum atomic E-state index is -0.0480. The number of nitrogens with one attached hydrogen (secondary N) is 1. The smallest absolute Gasteiger partial charge is 0.230 e. The molecule has 3 rings (SSSR count). The second-order valence-electron chi connectivity index (χ2n) is 5.29. The van der Waals surface area contributed by atoms with Crippen LogP contribution in [0.1, 0.15) is 11.8 Å². The van der Waals surface area contributed by atoms with Crippen LogP contribution in [0, 0.1) is 0 Å². The lowest BCUT2D eigenvalue weighted by Crippen LogP contribution is -2.17. The topological polar surface area (TPSA) is 45.2 Å². The summed E-state index contributed by atoms with van der Waals surface area (Å²) in [5.41, 5.74) is 2.12. The van der Waals surface area contributed by atoms with Crippen molar-refractivity contribution in [3.8, 4) is 0 Å². The van der Waals surface area contributed by atoms with Crippen LogP contribution in [0.15, 0.2) is 66.2 Å². The van der Waals surface area contributed by atoms with Crippen LogP contribution >= 0.6 is 11.3 Å². The number of anilines is 3. The molecule has 2 heterocycles. The number of carbonyl (C=O) groups excluding carboxylic acids is 1. The third kappa shape index (κ3) is 4.00. The number of hydrogen-bond acceptors (Lipinski definition) is 4. The van der Waals surface area contributed by atoms with Crippen molar-refractivity contribution in [1.82, 2.24) is 4.98 Å². The number of amides is 1. The number of nitrogens with zero attached hydrogens (tertiary/aromatic N) is 2. The van der Waals surface area contributed by atoms with E-state index in [1.807, 2.05) is 47.8 Å². The molecule has 3 aromatic rings. The van der Waals surface area contributed by atoms with Gasteiger partial charge in [-0.2, -0.15) is 0 Å². The Morgan fingerprint density at radius 2 is 1.92 bits per heavy atom. The van der Waals surface area contributed by atoms with Crippen molar-refractivity contribution in [1.29, 1.82) is 0 Å². The molecule has 0 bridgehead atoms. The van der Waals surface area contributed by atoms with Gasteiger partial charge in [0.2, 0.25) is 5.91 Å². The fourth-order valence-corrected chi connectivity index (χ4v) is 3.20. The summed E-state index contributed by atoms with van der Waals surface area (Å²) >= 11 is 1.58. The molecule has 2 aromatic heterocycles. The molecule has 0 fully saturated rings. The Kier molecular flexibility index (Phi) is 5.23. The van der Waals surface area contributed by atoms with E-state index < -0.39 is 0 Å². The zero-order chi connectivity index (χ0) is 16.8. The molecule has 0 aliphatic rings. The molecular weight excluding hydrogens is 318 g/mol. The molecule has 1 amide bonds. The predicted molar refractivity (Wildman–Crippen MR) is 100 cm³/mol. The van der Waals surface area contributed by atoms with E-state index >= 15 is 0 Å². The van der Waals surface area contributed by atoms with E-state index in [0.717, 1.165) is 22.8 Å². The van der Waals surface area contributed by atoms with E-state index in [1.165, 1.54) is 0 Å². The molecule has 0 spiro atoms. The number of thiophene rings is 1. The summed E-state index contributed by atoms with van der Waals surface area (Å²) in [6.45, 7) is 2.94. The van der Waals surface area contributed by atoms with Gasteiger partial charge in [0.05, 0.1) is 18.3 Å². The molecular formula is C19H19N3OS. The van der Waals surface area contributed by atoms with Gasteiger partial charge in [-0.05, 0) is 42.6 Å². The number of aromatic nitrogens is 1. The summed E-state index contributed by atoms with van der Waals surface area (Å²) in [5.74, 6) is 0.525. The molecule has 4 nitrogen and oxygen atoms in total. The molecule has 0 aliphatic carbocycles. The summed E-state index contributed by atoms with van der Waals surface area (Å²) in [5, 5.41) is 4.81. The normalized spacial score (nSPS) is 10.4. The van der Waals surface area contributed by atoms with Crippen molar-refractivity contribution in [2.45, 2.75) is 13.3 Å². The maximum Gasteiger partial charge on any atom is 0.230 e. The van der Waals surface area contributed by atoms with E-state index in [-0.39, 0.29) is 5.91 Å². The lowest BCUT2D eigenvalue weighted by atomic mass is 10.2. The molecule has 0 unspecified atom stereocenters. The average Bonchev–Trinajstić information content (AvgIpc) is 3.11. The maximum absolute atomic E-state index is 12.0. The quantitative estimate of drug-likeness (QED) is 0.721. The fraction of sp³-hybridized carbons (Fsp3) is 0.158. The molecule has 24 heavy (non-hydrogen) atoms. The van der Waals surface area contributed by atoms with Gasteiger partial charge in [0.25, 0.3) is 0 Å². The second-order valence-corrected chi connectivity index (χ2v) is 6.32. The monoisotopic (exact) mass is 337 g/mol. The van der Waals surface area contributed by atoms with E-state index in [9.17, 15) is 4.79 Å². The largest absolute Gasteiger partial charge is 0.341 e. The Hall–Kier alpha value is -2.66. The highest BCUT2D eigenvalue weighted by Crippen LogP contribution is 2.24. The van der Waals surface area contributed by atoms with E-state index in [1.54, 1.807) is 17.5 Å². The number of hydrogen-bond donors (Lipinski definition) is 1. The highest BCUT2D eigenvalue weighted by Gasteiger charge is 2.09. The van der Waals surface area contributed by atoms with Crippen molar-refractivity contribution in [2.24, 2.45) is 0 Å². The first-order chi connectivity index (χ1) is 11.8. The van der Waals surface area contributed by atoms with Crippen molar-refractivity contribution in [3.63, 3.8) is 0 Å². The predicted octanol–water partition coefficient (Wildman–Crippen LogP) is 4.48. The summed E-state index contributed by atoms with van der Waals surface area (Å²) in [6, 6.07) is 17.9. The van der Waals surface area contributed by atoms with Crippen LogP contribution in [0.2, 0.25) is 0 Å². The van der Waals surface area contributed by atoms with Gasteiger partial charge in [-0.15, -0.1) is 11.3 Å².